The lowest BCUT2D eigenvalue weighted by molar-refractivity contribution is -0.384. The standard InChI is InChI=1S/C12H7N3O3.C12H9N3O/c16-15(17)9-3-1-8(2-4-9)12-14-10-5-6-13-7-11(10)18-12;13-9-3-1-8(2-4-9)12-15-10-5-6-14-7-11(10)16-12/h1-7H;1-7H,13H2. The van der Waals surface area contributed by atoms with Crippen molar-refractivity contribution < 1.29 is 13.8 Å². The molecule has 0 fully saturated rings. The van der Waals surface area contributed by atoms with E-state index >= 15 is 0 Å². The fraction of sp³-hybridized carbons (Fsp3) is 0. The van der Waals surface area contributed by atoms with E-state index in [0.717, 1.165) is 16.8 Å². The third kappa shape index (κ3) is 4.28. The van der Waals surface area contributed by atoms with Crippen molar-refractivity contribution >= 4 is 33.6 Å². The van der Waals surface area contributed by atoms with Gasteiger partial charge in [-0.15, -0.1) is 0 Å². The minimum Gasteiger partial charge on any atom is -0.434 e. The quantitative estimate of drug-likeness (QED) is 0.215. The van der Waals surface area contributed by atoms with Gasteiger partial charge in [0.1, 0.15) is 11.0 Å². The average molecular weight is 452 g/mol. The third-order valence-electron chi connectivity index (χ3n) is 4.87. The fourth-order valence-corrected chi connectivity index (χ4v) is 3.16. The summed E-state index contributed by atoms with van der Waals surface area (Å²) >= 11 is 0. The second kappa shape index (κ2) is 8.79. The van der Waals surface area contributed by atoms with Crippen molar-refractivity contribution in [1.29, 1.82) is 0 Å². The van der Waals surface area contributed by atoms with Crippen molar-refractivity contribution in [3.8, 4) is 22.9 Å². The molecule has 6 rings (SSSR count). The van der Waals surface area contributed by atoms with Gasteiger partial charge in [0.25, 0.3) is 5.69 Å². The van der Waals surface area contributed by atoms with Crippen molar-refractivity contribution in [1.82, 2.24) is 19.9 Å². The van der Waals surface area contributed by atoms with Gasteiger partial charge in [-0.2, -0.15) is 0 Å². The van der Waals surface area contributed by atoms with Gasteiger partial charge in [-0.25, -0.2) is 9.97 Å². The number of benzene rings is 2. The van der Waals surface area contributed by atoms with Crippen LogP contribution >= 0.6 is 0 Å². The number of aromatic nitrogens is 4. The second-order valence-electron chi connectivity index (χ2n) is 7.15. The number of hydrogen-bond acceptors (Lipinski definition) is 9. The lowest BCUT2D eigenvalue weighted by Crippen LogP contribution is -1.87. The molecule has 0 saturated carbocycles. The predicted molar refractivity (Wildman–Crippen MR) is 126 cm³/mol. The van der Waals surface area contributed by atoms with Crippen LogP contribution in [0.2, 0.25) is 0 Å². The van der Waals surface area contributed by atoms with Gasteiger partial charge in [-0.1, -0.05) is 0 Å². The van der Waals surface area contributed by atoms with Gasteiger partial charge in [0.2, 0.25) is 11.8 Å². The summed E-state index contributed by atoms with van der Waals surface area (Å²) in [5.74, 6) is 1.01. The van der Waals surface area contributed by atoms with E-state index in [1.165, 1.54) is 12.1 Å². The fourth-order valence-electron chi connectivity index (χ4n) is 3.16. The van der Waals surface area contributed by atoms with E-state index in [9.17, 15) is 10.1 Å². The van der Waals surface area contributed by atoms with Crippen LogP contribution in [-0.4, -0.2) is 24.9 Å². The van der Waals surface area contributed by atoms with Crippen LogP contribution in [0.5, 0.6) is 0 Å². The number of nitrogens with two attached hydrogens (primary N) is 1. The predicted octanol–water partition coefficient (Wildman–Crippen LogP) is 5.27. The lowest BCUT2D eigenvalue weighted by Gasteiger charge is -1.95. The summed E-state index contributed by atoms with van der Waals surface area (Å²) in [6, 6.07) is 17.0. The molecule has 0 atom stereocenters. The van der Waals surface area contributed by atoms with Gasteiger partial charge < -0.3 is 14.6 Å². The van der Waals surface area contributed by atoms with Gasteiger partial charge in [0.05, 0.1) is 17.3 Å². The number of nitrogen functional groups attached to an aromatic ring is 1. The normalized spacial score (nSPS) is 10.7. The van der Waals surface area contributed by atoms with Crippen LogP contribution in [0.15, 0.2) is 94.3 Å². The minimum absolute atomic E-state index is 0.0385. The highest BCUT2D eigenvalue weighted by Crippen LogP contribution is 2.25. The van der Waals surface area contributed by atoms with Gasteiger partial charge >= 0.3 is 0 Å². The monoisotopic (exact) mass is 452 g/mol. The summed E-state index contributed by atoms with van der Waals surface area (Å²) in [6.07, 6.45) is 6.56. The van der Waals surface area contributed by atoms with Crippen LogP contribution in [0.3, 0.4) is 0 Å². The number of hydrogen-bond donors (Lipinski definition) is 1. The SMILES string of the molecule is Nc1ccc(-c2nc3ccncc3o2)cc1.O=[N+]([O-])c1ccc(-c2nc3ccncc3o2)cc1. The second-order valence-corrected chi connectivity index (χ2v) is 7.15. The van der Waals surface area contributed by atoms with Crippen molar-refractivity contribution in [2.45, 2.75) is 0 Å². The smallest absolute Gasteiger partial charge is 0.269 e. The molecule has 34 heavy (non-hydrogen) atoms. The van der Waals surface area contributed by atoms with Gasteiger partial charge in [0.15, 0.2) is 11.2 Å². The largest absolute Gasteiger partial charge is 0.434 e. The van der Waals surface area contributed by atoms with Crippen LogP contribution in [0.25, 0.3) is 45.1 Å². The molecule has 0 aliphatic heterocycles. The Hall–Kier alpha value is -5.12. The first kappa shape index (κ1) is 20.8. The molecule has 0 radical (unpaired) electrons. The molecular weight excluding hydrogens is 436 g/mol. The Bertz CT molecular complexity index is 1520. The van der Waals surface area contributed by atoms with E-state index in [2.05, 4.69) is 19.9 Å². The maximum atomic E-state index is 10.5. The maximum Gasteiger partial charge on any atom is 0.269 e. The number of fused-ring (bicyclic) bond motifs is 2. The highest BCUT2D eigenvalue weighted by Gasteiger charge is 2.10. The van der Waals surface area contributed by atoms with E-state index in [1.807, 2.05) is 30.3 Å². The molecule has 0 aliphatic rings. The zero-order valence-electron chi connectivity index (χ0n) is 17.5. The molecule has 0 bridgehead atoms. The number of anilines is 1. The summed E-state index contributed by atoms with van der Waals surface area (Å²) in [5, 5.41) is 10.5. The molecule has 10 nitrogen and oxygen atoms in total. The number of pyridine rings is 2. The molecule has 4 aromatic heterocycles. The van der Waals surface area contributed by atoms with Gasteiger partial charge in [-0.3, -0.25) is 20.1 Å². The average Bonchev–Trinajstić information content (AvgIpc) is 3.49. The highest BCUT2D eigenvalue weighted by atomic mass is 16.6. The Balaban J connectivity index is 0.000000142. The summed E-state index contributed by atoms with van der Waals surface area (Å²) in [5.41, 5.74) is 10.8. The highest BCUT2D eigenvalue weighted by molar-refractivity contribution is 5.76. The third-order valence-corrected chi connectivity index (χ3v) is 4.87. The van der Waals surface area contributed by atoms with Crippen molar-refractivity contribution in [3.05, 3.63) is 95.6 Å². The van der Waals surface area contributed by atoms with E-state index in [1.54, 1.807) is 43.0 Å². The summed E-state index contributed by atoms with van der Waals surface area (Å²) in [7, 11) is 0. The van der Waals surface area contributed by atoms with E-state index < -0.39 is 4.92 Å². The first-order valence-electron chi connectivity index (χ1n) is 10.1. The van der Waals surface area contributed by atoms with Crippen LogP contribution in [0.1, 0.15) is 0 Å². The Morgan fingerprint density at radius 3 is 1.62 bits per heavy atom. The van der Waals surface area contributed by atoms with Crippen LogP contribution in [-0.2, 0) is 0 Å². The van der Waals surface area contributed by atoms with Crippen molar-refractivity contribution in [2.24, 2.45) is 0 Å². The Morgan fingerprint density at radius 1 is 0.706 bits per heavy atom. The summed E-state index contributed by atoms with van der Waals surface area (Å²) < 4.78 is 11.1. The number of nitro groups is 1. The molecule has 0 aliphatic carbocycles. The summed E-state index contributed by atoms with van der Waals surface area (Å²) in [6.45, 7) is 0. The molecule has 0 unspecified atom stereocenters. The molecule has 4 heterocycles. The number of nitrogens with zero attached hydrogens (tertiary/aromatic N) is 5. The topological polar surface area (TPSA) is 147 Å². The molecule has 0 amide bonds. The minimum atomic E-state index is -0.445. The maximum absolute atomic E-state index is 10.5. The molecular formula is C24H16N6O4. The molecule has 2 N–H and O–H groups in total. The molecule has 166 valence electrons. The zero-order chi connectivity index (χ0) is 23.5. The van der Waals surface area contributed by atoms with Gasteiger partial charge in [0, 0.05) is 41.3 Å². The van der Waals surface area contributed by atoms with Gasteiger partial charge in [-0.05, 0) is 48.5 Å². The molecule has 6 aromatic rings. The molecule has 2 aromatic carbocycles. The van der Waals surface area contributed by atoms with E-state index in [0.29, 0.717) is 34.0 Å². The summed E-state index contributed by atoms with van der Waals surface area (Å²) in [4.78, 5) is 26.7. The molecule has 0 spiro atoms. The lowest BCUT2D eigenvalue weighted by atomic mass is 10.2. The van der Waals surface area contributed by atoms with E-state index in [4.69, 9.17) is 14.6 Å². The number of rotatable bonds is 3. The Morgan fingerprint density at radius 2 is 1.18 bits per heavy atom. The van der Waals surface area contributed by atoms with Crippen LogP contribution < -0.4 is 5.73 Å². The van der Waals surface area contributed by atoms with Crippen molar-refractivity contribution in [2.75, 3.05) is 5.73 Å². The van der Waals surface area contributed by atoms with E-state index in [-0.39, 0.29) is 5.69 Å². The zero-order valence-corrected chi connectivity index (χ0v) is 17.5. The number of nitro benzene ring substituents is 1. The molecule has 10 heteroatoms. The molecule has 0 saturated heterocycles. The van der Waals surface area contributed by atoms with Crippen molar-refractivity contribution in [3.63, 3.8) is 0 Å². The first-order chi connectivity index (χ1) is 16.6. The first-order valence-corrected chi connectivity index (χ1v) is 10.1. The Kier molecular flexibility index (Phi) is 5.37. The van der Waals surface area contributed by atoms with Crippen LogP contribution in [0, 0.1) is 10.1 Å². The number of non-ortho nitro benzene ring substituents is 1. The van der Waals surface area contributed by atoms with Crippen LogP contribution in [0.4, 0.5) is 11.4 Å². The number of oxazole rings is 2. The Labute approximate surface area is 191 Å².